The maximum atomic E-state index is 13.0. The van der Waals surface area contributed by atoms with Crippen LogP contribution in [0.2, 0.25) is 0 Å². The number of carbonyl (C=O) groups is 3. The number of amides is 2. The van der Waals surface area contributed by atoms with Gasteiger partial charge in [0.2, 0.25) is 5.91 Å². The maximum absolute atomic E-state index is 13.0. The Kier molecular flexibility index (Phi) is 10.6. The van der Waals surface area contributed by atoms with E-state index in [1.54, 1.807) is 38.3 Å². The van der Waals surface area contributed by atoms with Gasteiger partial charge in [-0.2, -0.15) is 0 Å². The maximum Gasteiger partial charge on any atom is 0.341 e. The van der Waals surface area contributed by atoms with Crippen LogP contribution in [0.25, 0.3) is 0 Å². The lowest BCUT2D eigenvalue weighted by molar-refractivity contribution is -0.113. The molecule has 12 heteroatoms. The van der Waals surface area contributed by atoms with Crippen molar-refractivity contribution in [1.82, 2.24) is 20.1 Å². The zero-order valence-corrected chi connectivity index (χ0v) is 24.7. The van der Waals surface area contributed by atoms with Crippen molar-refractivity contribution < 1.29 is 23.9 Å². The third-order valence-electron chi connectivity index (χ3n) is 6.52. The van der Waals surface area contributed by atoms with E-state index in [1.807, 2.05) is 4.57 Å². The normalized spacial score (nSPS) is 12.5. The van der Waals surface area contributed by atoms with Crippen LogP contribution in [-0.4, -0.2) is 52.0 Å². The number of methoxy groups -OCH3 is 1. The van der Waals surface area contributed by atoms with E-state index in [2.05, 4.69) is 27.8 Å². The summed E-state index contributed by atoms with van der Waals surface area (Å²) < 4.78 is 12.4. The first-order valence-corrected chi connectivity index (χ1v) is 15.3. The number of thioether (sulfide) groups is 1. The molecular weight excluding hydrogens is 550 g/mol. The Hall–Kier alpha value is -3.38. The quantitative estimate of drug-likeness (QED) is 0.215. The van der Waals surface area contributed by atoms with Crippen molar-refractivity contribution in [3.05, 3.63) is 51.7 Å². The molecule has 1 aromatic carbocycles. The lowest BCUT2D eigenvalue weighted by Gasteiger charge is -2.12. The molecule has 2 amide bonds. The molecule has 0 fully saturated rings. The molecule has 3 aromatic rings. The first-order chi connectivity index (χ1) is 19.4. The van der Waals surface area contributed by atoms with Crippen LogP contribution in [0, 0.1) is 0 Å². The van der Waals surface area contributed by atoms with E-state index in [1.165, 1.54) is 23.1 Å². The molecule has 0 radical (unpaired) electrons. The van der Waals surface area contributed by atoms with Crippen LogP contribution < -0.4 is 15.4 Å². The highest BCUT2D eigenvalue weighted by atomic mass is 32.2. The number of nitrogens with one attached hydrogen (secondary N) is 2. The Morgan fingerprint density at radius 1 is 1.10 bits per heavy atom. The monoisotopic (exact) mass is 585 g/mol. The highest BCUT2D eigenvalue weighted by Crippen LogP contribution is 2.38. The van der Waals surface area contributed by atoms with Gasteiger partial charge < -0.3 is 24.7 Å². The third kappa shape index (κ3) is 7.22. The van der Waals surface area contributed by atoms with Gasteiger partial charge in [-0.05, 0) is 68.9 Å². The fourth-order valence-electron chi connectivity index (χ4n) is 4.47. The summed E-state index contributed by atoms with van der Waals surface area (Å²) in [6.07, 6.45) is 5.71. The first kappa shape index (κ1) is 29.6. The van der Waals surface area contributed by atoms with Crippen molar-refractivity contribution in [3.8, 4) is 5.75 Å². The Balaban J connectivity index is 1.41. The molecule has 40 heavy (non-hydrogen) atoms. The number of unbranched alkanes of at least 4 members (excludes halogenated alkanes) is 1. The molecule has 2 heterocycles. The summed E-state index contributed by atoms with van der Waals surface area (Å²) in [5.41, 5.74) is 2.03. The summed E-state index contributed by atoms with van der Waals surface area (Å²) in [6.45, 7) is 5.03. The minimum Gasteiger partial charge on any atom is -0.497 e. The van der Waals surface area contributed by atoms with E-state index in [9.17, 15) is 14.4 Å². The summed E-state index contributed by atoms with van der Waals surface area (Å²) in [7, 11) is 1.58. The van der Waals surface area contributed by atoms with Gasteiger partial charge in [0.25, 0.3) is 5.91 Å². The molecule has 1 aliphatic rings. The topological polar surface area (TPSA) is 124 Å². The molecule has 2 N–H and O–H groups in total. The van der Waals surface area contributed by atoms with Crippen LogP contribution in [0.5, 0.6) is 5.75 Å². The SMILES string of the molecule is CCCCn1c(CNC(=O)c2ccc(OC)cc2)nnc1SCC(=O)Nc1sc2c(c1C(=O)OCC)CCCC2. The van der Waals surface area contributed by atoms with Gasteiger partial charge in [0.05, 0.1) is 31.6 Å². The summed E-state index contributed by atoms with van der Waals surface area (Å²) >= 11 is 2.75. The summed E-state index contributed by atoms with van der Waals surface area (Å²) in [6, 6.07) is 6.87. The Bertz CT molecular complexity index is 1340. The highest BCUT2D eigenvalue weighted by molar-refractivity contribution is 7.99. The Labute approximate surface area is 242 Å². The number of carbonyl (C=O) groups excluding carboxylic acids is 3. The number of fused-ring (bicyclic) bond motifs is 1. The standard InChI is InChI=1S/C28H35N5O5S2/c1-4-6-15-33-22(16-29-25(35)18-11-13-19(37-3)14-12-18)31-32-28(33)39-17-23(34)30-26-24(27(36)38-5-2)20-9-7-8-10-21(20)40-26/h11-14H,4-10,15-17H2,1-3H3,(H,29,35)(H,30,34). The van der Waals surface area contributed by atoms with Crippen LogP contribution in [-0.2, 0) is 35.5 Å². The summed E-state index contributed by atoms with van der Waals surface area (Å²) in [5, 5.41) is 15.6. The van der Waals surface area contributed by atoms with Crippen LogP contribution in [0.3, 0.4) is 0 Å². The minimum atomic E-state index is -0.384. The third-order valence-corrected chi connectivity index (χ3v) is 8.70. The zero-order chi connectivity index (χ0) is 28.5. The molecule has 0 atom stereocenters. The lowest BCUT2D eigenvalue weighted by atomic mass is 9.95. The molecule has 4 rings (SSSR count). The largest absolute Gasteiger partial charge is 0.497 e. The van der Waals surface area contributed by atoms with E-state index in [0.29, 0.717) is 39.4 Å². The van der Waals surface area contributed by atoms with Crippen molar-refractivity contribution in [2.24, 2.45) is 0 Å². The van der Waals surface area contributed by atoms with Gasteiger partial charge in [-0.25, -0.2) is 4.79 Å². The fourth-order valence-corrected chi connectivity index (χ4v) is 6.54. The number of aryl methyl sites for hydroxylation is 1. The number of ether oxygens (including phenoxy) is 2. The number of benzene rings is 1. The molecule has 10 nitrogen and oxygen atoms in total. The van der Waals surface area contributed by atoms with E-state index < -0.39 is 0 Å². The predicted octanol–water partition coefficient (Wildman–Crippen LogP) is 4.86. The molecule has 0 spiro atoms. The van der Waals surface area contributed by atoms with Crippen LogP contribution in [0.1, 0.15) is 76.5 Å². The number of hydrogen-bond donors (Lipinski definition) is 2. The predicted molar refractivity (Wildman–Crippen MR) is 155 cm³/mol. The van der Waals surface area contributed by atoms with Crippen molar-refractivity contribution in [2.45, 2.75) is 70.6 Å². The van der Waals surface area contributed by atoms with Gasteiger partial charge in [-0.3, -0.25) is 9.59 Å². The number of nitrogens with zero attached hydrogens (tertiary/aromatic N) is 3. The summed E-state index contributed by atoms with van der Waals surface area (Å²) in [4.78, 5) is 39.5. The van der Waals surface area contributed by atoms with Crippen molar-refractivity contribution in [3.63, 3.8) is 0 Å². The van der Waals surface area contributed by atoms with Crippen LogP contribution in [0.4, 0.5) is 5.00 Å². The van der Waals surface area contributed by atoms with Gasteiger partial charge in [-0.15, -0.1) is 21.5 Å². The van der Waals surface area contributed by atoms with E-state index in [-0.39, 0.29) is 36.7 Å². The number of thiophene rings is 1. The van der Waals surface area contributed by atoms with Crippen molar-refractivity contribution in [2.75, 3.05) is 24.8 Å². The first-order valence-electron chi connectivity index (χ1n) is 13.5. The molecular formula is C28H35N5O5S2. The van der Waals surface area contributed by atoms with E-state index >= 15 is 0 Å². The second-order valence-electron chi connectivity index (χ2n) is 9.29. The summed E-state index contributed by atoms with van der Waals surface area (Å²) in [5.74, 6) is 0.565. The van der Waals surface area contributed by atoms with Gasteiger partial charge in [0, 0.05) is 17.0 Å². The molecule has 0 aliphatic heterocycles. The number of anilines is 1. The van der Waals surface area contributed by atoms with Gasteiger partial charge in [0.1, 0.15) is 10.8 Å². The van der Waals surface area contributed by atoms with Gasteiger partial charge in [0.15, 0.2) is 11.0 Å². The number of rotatable bonds is 13. The van der Waals surface area contributed by atoms with Crippen LogP contribution >= 0.6 is 23.1 Å². The lowest BCUT2D eigenvalue weighted by Crippen LogP contribution is -2.25. The molecule has 0 bridgehead atoms. The van der Waals surface area contributed by atoms with E-state index in [0.717, 1.165) is 49.0 Å². The van der Waals surface area contributed by atoms with Crippen molar-refractivity contribution >= 4 is 45.9 Å². The average molecular weight is 586 g/mol. The second-order valence-corrected chi connectivity index (χ2v) is 11.3. The Morgan fingerprint density at radius 2 is 1.88 bits per heavy atom. The molecule has 0 saturated carbocycles. The Morgan fingerprint density at radius 3 is 2.60 bits per heavy atom. The molecule has 1 aliphatic carbocycles. The molecule has 0 unspecified atom stereocenters. The average Bonchev–Trinajstić information content (AvgIpc) is 3.53. The fraction of sp³-hybridized carbons (Fsp3) is 0.464. The van der Waals surface area contributed by atoms with Gasteiger partial charge >= 0.3 is 5.97 Å². The molecule has 2 aromatic heterocycles. The molecule has 0 saturated heterocycles. The van der Waals surface area contributed by atoms with Gasteiger partial charge in [-0.1, -0.05) is 25.1 Å². The number of hydrogen-bond acceptors (Lipinski definition) is 9. The highest BCUT2D eigenvalue weighted by Gasteiger charge is 2.27. The van der Waals surface area contributed by atoms with E-state index in [4.69, 9.17) is 9.47 Å². The van der Waals surface area contributed by atoms with Crippen molar-refractivity contribution in [1.29, 1.82) is 0 Å². The zero-order valence-electron chi connectivity index (χ0n) is 23.1. The smallest absolute Gasteiger partial charge is 0.341 e. The van der Waals surface area contributed by atoms with Crippen LogP contribution in [0.15, 0.2) is 29.4 Å². The number of aromatic nitrogens is 3. The number of esters is 1. The second kappa shape index (κ2) is 14.3. The minimum absolute atomic E-state index is 0.104. The molecule has 214 valence electrons.